The van der Waals surface area contributed by atoms with Gasteiger partial charge in [-0.1, -0.05) is 11.3 Å². The first-order valence-electron chi connectivity index (χ1n) is 15.8. The second-order valence-electron chi connectivity index (χ2n) is 13.4. The Morgan fingerprint density at radius 3 is 2.64 bits per heavy atom. The summed E-state index contributed by atoms with van der Waals surface area (Å²) in [6.07, 6.45) is 4.65. The molecule has 236 valence electrons. The minimum absolute atomic E-state index is 0.0120. The molecule has 3 aromatic heterocycles. The van der Waals surface area contributed by atoms with Crippen LogP contribution in [0.1, 0.15) is 51.0 Å². The van der Waals surface area contributed by atoms with Gasteiger partial charge in [0, 0.05) is 49.7 Å². The standard InChI is InChI=1S/C31H33F3N8O2S/c32-15-10-31(8-1-9-41(31)11-15)14-44-30-38-24-21(27(39-30)40-12-16-2-3-17(13-40)36-16)28(43)42(18-4-5-18)25(22(24)34)19-6-7-20(33)26-23(19)37-29(35)45-26/h6-7,15-18,36H,1-5,8-14H2,(H2,35,37)/t15-,16?,17?,31+/m1/s1. The van der Waals surface area contributed by atoms with Gasteiger partial charge >= 0.3 is 6.01 Å². The number of rotatable bonds is 6. The van der Waals surface area contributed by atoms with Crippen molar-refractivity contribution in [2.24, 2.45) is 0 Å². The molecule has 1 saturated carbocycles. The molecule has 2 bridgehead atoms. The van der Waals surface area contributed by atoms with Gasteiger partial charge in [0.1, 0.15) is 35.3 Å². The number of hydrogen-bond donors (Lipinski definition) is 2. The molecule has 4 saturated heterocycles. The largest absolute Gasteiger partial charge is 0.461 e. The number of ether oxygens (including phenoxy) is 1. The summed E-state index contributed by atoms with van der Waals surface area (Å²) in [6, 6.07) is 2.93. The number of hydrogen-bond acceptors (Lipinski definition) is 10. The molecular formula is C31H33F3N8O2S. The number of benzene rings is 1. The minimum Gasteiger partial charge on any atom is -0.461 e. The van der Waals surface area contributed by atoms with E-state index in [2.05, 4.69) is 25.1 Å². The highest BCUT2D eigenvalue weighted by molar-refractivity contribution is 7.22. The Bertz CT molecular complexity index is 1920. The number of halogens is 3. The van der Waals surface area contributed by atoms with Gasteiger partial charge in [-0.15, -0.1) is 0 Å². The summed E-state index contributed by atoms with van der Waals surface area (Å²) in [4.78, 5) is 32.4. The third-order valence-corrected chi connectivity index (χ3v) is 11.3. The van der Waals surface area contributed by atoms with Crippen molar-refractivity contribution in [2.75, 3.05) is 43.4 Å². The van der Waals surface area contributed by atoms with Crippen LogP contribution in [0.25, 0.3) is 32.4 Å². The van der Waals surface area contributed by atoms with Crippen molar-refractivity contribution < 1.29 is 17.9 Å². The van der Waals surface area contributed by atoms with Gasteiger partial charge in [0.25, 0.3) is 5.56 Å². The molecule has 5 fully saturated rings. The predicted molar refractivity (Wildman–Crippen MR) is 166 cm³/mol. The van der Waals surface area contributed by atoms with Gasteiger partial charge < -0.3 is 25.3 Å². The summed E-state index contributed by atoms with van der Waals surface area (Å²) in [5, 5.41) is 3.86. The number of fused-ring (bicyclic) bond motifs is 5. The van der Waals surface area contributed by atoms with E-state index in [1.807, 2.05) is 0 Å². The van der Waals surface area contributed by atoms with E-state index >= 15 is 4.39 Å². The van der Waals surface area contributed by atoms with E-state index in [0.29, 0.717) is 44.7 Å². The molecular weight excluding hydrogens is 605 g/mol. The zero-order valence-corrected chi connectivity index (χ0v) is 25.4. The quantitative estimate of drug-likeness (QED) is 0.322. The Hall–Kier alpha value is -3.49. The van der Waals surface area contributed by atoms with Crippen LogP contribution in [-0.4, -0.2) is 81.0 Å². The predicted octanol–water partition coefficient (Wildman–Crippen LogP) is 4.16. The second kappa shape index (κ2) is 10.0. The zero-order chi connectivity index (χ0) is 30.6. The summed E-state index contributed by atoms with van der Waals surface area (Å²) in [5.41, 5.74) is 5.47. The monoisotopic (exact) mass is 638 g/mol. The lowest BCUT2D eigenvalue weighted by Crippen LogP contribution is -2.51. The first-order chi connectivity index (χ1) is 21.8. The number of aromatic nitrogens is 4. The molecule has 4 aromatic rings. The molecule has 45 heavy (non-hydrogen) atoms. The first-order valence-corrected chi connectivity index (χ1v) is 16.6. The summed E-state index contributed by atoms with van der Waals surface area (Å²) in [7, 11) is 0. The van der Waals surface area contributed by atoms with E-state index in [0.717, 1.165) is 43.6 Å². The number of pyridine rings is 1. The van der Waals surface area contributed by atoms with E-state index in [1.165, 1.54) is 16.7 Å². The molecule has 2 unspecified atom stereocenters. The van der Waals surface area contributed by atoms with Crippen molar-refractivity contribution in [2.45, 2.75) is 74.8 Å². The molecule has 1 aromatic carbocycles. The zero-order valence-electron chi connectivity index (χ0n) is 24.6. The minimum atomic E-state index is -0.925. The van der Waals surface area contributed by atoms with Crippen LogP contribution < -0.4 is 26.2 Å². The van der Waals surface area contributed by atoms with Crippen LogP contribution in [0.2, 0.25) is 0 Å². The number of alkyl halides is 1. The lowest BCUT2D eigenvalue weighted by molar-refractivity contribution is 0.107. The van der Waals surface area contributed by atoms with E-state index in [9.17, 15) is 13.6 Å². The number of thiazole rings is 1. The van der Waals surface area contributed by atoms with Crippen molar-refractivity contribution in [3.8, 4) is 17.3 Å². The van der Waals surface area contributed by atoms with Crippen LogP contribution in [0, 0.1) is 11.6 Å². The Morgan fingerprint density at radius 1 is 1.07 bits per heavy atom. The molecule has 3 N–H and O–H groups in total. The van der Waals surface area contributed by atoms with Crippen molar-refractivity contribution >= 4 is 43.4 Å². The lowest BCUT2D eigenvalue weighted by atomic mass is 9.95. The maximum Gasteiger partial charge on any atom is 0.319 e. The highest BCUT2D eigenvalue weighted by atomic mass is 32.1. The summed E-state index contributed by atoms with van der Waals surface area (Å²) < 4.78 is 54.4. The number of nitrogens with two attached hydrogens (primary N) is 1. The fourth-order valence-corrected chi connectivity index (χ4v) is 9.01. The van der Waals surface area contributed by atoms with Crippen molar-refractivity contribution in [3.05, 3.63) is 34.1 Å². The van der Waals surface area contributed by atoms with Crippen LogP contribution in [0.15, 0.2) is 16.9 Å². The SMILES string of the molecule is Nc1nc2c(-c3c(F)c4nc(OC[C@@]56CCCN5C[C@H](F)C6)nc(N5CC6CCC(C5)N6)c4c(=O)n3C3CC3)ccc(F)c2s1. The lowest BCUT2D eigenvalue weighted by Gasteiger charge is -2.34. The van der Waals surface area contributed by atoms with Crippen LogP contribution in [0.3, 0.4) is 0 Å². The summed E-state index contributed by atoms with van der Waals surface area (Å²) in [5.74, 6) is -0.871. The Kier molecular flexibility index (Phi) is 6.18. The fourth-order valence-electron chi connectivity index (χ4n) is 8.25. The van der Waals surface area contributed by atoms with Gasteiger partial charge in [0.15, 0.2) is 10.9 Å². The number of anilines is 2. The van der Waals surface area contributed by atoms with Gasteiger partial charge in [-0.3, -0.25) is 9.69 Å². The molecule has 5 aliphatic rings. The number of nitrogens with one attached hydrogen (secondary N) is 1. The maximum atomic E-state index is 17.2. The normalized spacial score (nSPS) is 28.1. The molecule has 1 aliphatic carbocycles. The van der Waals surface area contributed by atoms with E-state index in [4.69, 9.17) is 15.5 Å². The van der Waals surface area contributed by atoms with Gasteiger partial charge in [-0.2, -0.15) is 9.97 Å². The fraction of sp³-hybridized carbons (Fsp3) is 0.548. The molecule has 14 heteroatoms. The number of nitrogens with zero attached hydrogens (tertiary/aromatic N) is 6. The Morgan fingerprint density at radius 2 is 1.87 bits per heavy atom. The molecule has 0 radical (unpaired) electrons. The average molecular weight is 639 g/mol. The third-order valence-electron chi connectivity index (χ3n) is 10.4. The molecule has 0 amide bonds. The highest BCUT2D eigenvalue weighted by Crippen LogP contribution is 2.44. The molecule has 7 heterocycles. The van der Waals surface area contributed by atoms with Gasteiger partial charge in [-0.25, -0.2) is 18.2 Å². The molecule has 4 atom stereocenters. The smallest absolute Gasteiger partial charge is 0.319 e. The first kappa shape index (κ1) is 27.8. The van der Waals surface area contributed by atoms with E-state index in [-0.39, 0.29) is 68.3 Å². The number of nitrogen functional groups attached to an aromatic ring is 1. The van der Waals surface area contributed by atoms with Crippen molar-refractivity contribution in [1.29, 1.82) is 0 Å². The molecule has 9 rings (SSSR count). The number of piperazine rings is 1. The van der Waals surface area contributed by atoms with Crippen LogP contribution in [-0.2, 0) is 0 Å². The summed E-state index contributed by atoms with van der Waals surface area (Å²) in [6.45, 7) is 2.60. The topological polar surface area (TPSA) is 114 Å². The van der Waals surface area contributed by atoms with Gasteiger partial charge in [-0.05, 0) is 57.2 Å². The highest BCUT2D eigenvalue weighted by Gasteiger charge is 2.49. The van der Waals surface area contributed by atoms with Crippen molar-refractivity contribution in [1.82, 2.24) is 29.7 Å². The van der Waals surface area contributed by atoms with Gasteiger partial charge in [0.05, 0.1) is 21.4 Å². The molecule has 10 nitrogen and oxygen atoms in total. The Balaban J connectivity index is 1.25. The Labute approximate surface area is 260 Å². The average Bonchev–Trinajstić information content (AvgIpc) is 3.35. The van der Waals surface area contributed by atoms with Crippen LogP contribution >= 0.6 is 11.3 Å². The van der Waals surface area contributed by atoms with Crippen LogP contribution in [0.4, 0.5) is 24.1 Å². The van der Waals surface area contributed by atoms with E-state index in [1.54, 1.807) is 0 Å². The van der Waals surface area contributed by atoms with Crippen molar-refractivity contribution in [3.63, 3.8) is 0 Å². The van der Waals surface area contributed by atoms with Gasteiger partial charge in [0.2, 0.25) is 0 Å². The molecule has 0 spiro atoms. The van der Waals surface area contributed by atoms with Crippen LogP contribution in [0.5, 0.6) is 6.01 Å². The second-order valence-corrected chi connectivity index (χ2v) is 14.4. The van der Waals surface area contributed by atoms with E-state index < -0.39 is 28.9 Å². The summed E-state index contributed by atoms with van der Waals surface area (Å²) >= 11 is 0.980. The maximum absolute atomic E-state index is 17.2. The third kappa shape index (κ3) is 4.35. The molecule has 4 aliphatic heterocycles.